The Morgan fingerprint density at radius 2 is 2.16 bits per heavy atom. The van der Waals surface area contributed by atoms with Crippen LogP contribution in [0, 0.1) is 0 Å². The number of imidazole rings is 1. The van der Waals surface area contributed by atoms with Gasteiger partial charge in [-0.05, 0) is 17.7 Å². The summed E-state index contributed by atoms with van der Waals surface area (Å²) in [6, 6.07) is 8.23. The molecule has 0 saturated heterocycles. The average molecular weight is 337 g/mol. The summed E-state index contributed by atoms with van der Waals surface area (Å²) in [5.74, 6) is 5.67. The topological polar surface area (TPSA) is 55.3 Å². The molecule has 4 nitrogen and oxygen atoms in total. The van der Waals surface area contributed by atoms with Crippen molar-refractivity contribution in [3.05, 3.63) is 57.8 Å². The molecule has 2 heterocycles. The van der Waals surface area contributed by atoms with Crippen LogP contribution in [0.1, 0.15) is 17.3 Å². The fourth-order valence-electron chi connectivity index (χ4n) is 2.05. The average Bonchev–Trinajstić information content (AvgIpc) is 2.98. The first-order valence-corrected chi connectivity index (χ1v) is 7.56. The lowest BCUT2D eigenvalue weighted by molar-refractivity contribution is 0.547. The van der Waals surface area contributed by atoms with E-state index < -0.39 is 0 Å². The van der Waals surface area contributed by atoms with Gasteiger partial charge in [0.25, 0.3) is 0 Å². The molecule has 0 bridgehead atoms. The summed E-state index contributed by atoms with van der Waals surface area (Å²) in [6.45, 7) is 0. The highest BCUT2D eigenvalue weighted by molar-refractivity contribution is 9.10. The molecule has 0 fully saturated rings. The molecule has 6 heteroatoms. The van der Waals surface area contributed by atoms with Gasteiger partial charge in [-0.1, -0.05) is 28.1 Å². The van der Waals surface area contributed by atoms with Crippen molar-refractivity contribution in [3.63, 3.8) is 0 Å². The van der Waals surface area contributed by atoms with Gasteiger partial charge in [-0.15, -0.1) is 11.3 Å². The first-order valence-electron chi connectivity index (χ1n) is 5.89. The largest absolute Gasteiger partial charge is 0.297 e. The van der Waals surface area contributed by atoms with Crippen LogP contribution in [-0.4, -0.2) is 9.38 Å². The maximum Gasteiger partial charge on any atom is 0.193 e. The predicted octanol–water partition coefficient (Wildman–Crippen LogP) is 2.91. The summed E-state index contributed by atoms with van der Waals surface area (Å²) >= 11 is 5.07. The molecule has 98 valence electrons. The van der Waals surface area contributed by atoms with E-state index in [0.29, 0.717) is 0 Å². The Balaban J connectivity index is 1.83. The Morgan fingerprint density at radius 1 is 1.37 bits per heavy atom. The van der Waals surface area contributed by atoms with Gasteiger partial charge in [0.05, 0.1) is 11.7 Å². The monoisotopic (exact) mass is 336 g/mol. The molecule has 0 radical (unpaired) electrons. The molecular weight excluding hydrogens is 324 g/mol. The van der Waals surface area contributed by atoms with Crippen LogP contribution in [0.3, 0.4) is 0 Å². The maximum atomic E-state index is 5.67. The number of fused-ring (bicyclic) bond motifs is 1. The van der Waals surface area contributed by atoms with Crippen LogP contribution >= 0.6 is 27.3 Å². The molecule has 2 aromatic heterocycles. The second-order valence-corrected chi connectivity index (χ2v) is 6.09. The molecule has 19 heavy (non-hydrogen) atoms. The molecule has 0 aliphatic heterocycles. The van der Waals surface area contributed by atoms with Crippen molar-refractivity contribution >= 4 is 32.2 Å². The minimum Gasteiger partial charge on any atom is -0.297 e. The Labute approximate surface area is 123 Å². The second kappa shape index (κ2) is 5.42. The van der Waals surface area contributed by atoms with E-state index in [1.807, 2.05) is 28.1 Å². The quantitative estimate of drug-likeness (QED) is 0.569. The van der Waals surface area contributed by atoms with E-state index in [9.17, 15) is 0 Å². The number of hydrazine groups is 1. The van der Waals surface area contributed by atoms with Gasteiger partial charge in [-0.25, -0.2) is 4.98 Å². The fraction of sp³-hybridized carbons (Fsp3) is 0.154. The first kappa shape index (κ1) is 12.8. The van der Waals surface area contributed by atoms with Gasteiger partial charge in [-0.2, -0.15) is 0 Å². The summed E-state index contributed by atoms with van der Waals surface area (Å²) in [5, 5.41) is 2.03. The lowest BCUT2D eigenvalue weighted by Gasteiger charge is -2.15. The Morgan fingerprint density at radius 3 is 2.84 bits per heavy atom. The third kappa shape index (κ3) is 2.71. The van der Waals surface area contributed by atoms with Crippen LogP contribution in [0.15, 0.2) is 46.5 Å². The summed E-state index contributed by atoms with van der Waals surface area (Å²) < 4.78 is 3.10. The van der Waals surface area contributed by atoms with Crippen LogP contribution in [0.25, 0.3) is 4.96 Å². The van der Waals surface area contributed by atoms with Crippen LogP contribution in [-0.2, 0) is 6.42 Å². The number of nitrogens with one attached hydrogen (secondary N) is 1. The number of hydrogen-bond acceptors (Lipinski definition) is 4. The minimum absolute atomic E-state index is 0.0673. The van der Waals surface area contributed by atoms with Crippen LogP contribution in [0.5, 0.6) is 0 Å². The molecule has 3 rings (SSSR count). The number of thiazole rings is 1. The van der Waals surface area contributed by atoms with Gasteiger partial charge in [0.2, 0.25) is 0 Å². The third-order valence-corrected chi connectivity index (χ3v) is 4.33. The van der Waals surface area contributed by atoms with Gasteiger partial charge in [0.15, 0.2) is 4.96 Å². The number of halogens is 1. The lowest BCUT2D eigenvalue weighted by Crippen LogP contribution is -2.29. The Hall–Kier alpha value is -1.21. The minimum atomic E-state index is 0.0673. The van der Waals surface area contributed by atoms with Crippen LogP contribution in [0.4, 0.5) is 0 Å². The number of rotatable bonds is 4. The Kier molecular flexibility index (Phi) is 3.65. The SMILES string of the molecule is NNC(Cc1cn2ccsc2n1)c1ccc(Br)cc1. The fourth-order valence-corrected chi connectivity index (χ4v) is 3.03. The van der Waals surface area contributed by atoms with Crippen molar-refractivity contribution in [1.29, 1.82) is 0 Å². The van der Waals surface area contributed by atoms with E-state index in [-0.39, 0.29) is 6.04 Å². The molecule has 3 N–H and O–H groups in total. The van der Waals surface area contributed by atoms with E-state index in [4.69, 9.17) is 5.84 Å². The molecule has 3 aromatic rings. The summed E-state index contributed by atoms with van der Waals surface area (Å²) in [5.41, 5.74) is 5.06. The third-order valence-electron chi connectivity index (χ3n) is 3.03. The van der Waals surface area contributed by atoms with Crippen molar-refractivity contribution in [1.82, 2.24) is 14.8 Å². The molecule has 0 saturated carbocycles. The van der Waals surface area contributed by atoms with Crippen LogP contribution < -0.4 is 11.3 Å². The molecular formula is C13H13BrN4S. The standard InChI is InChI=1S/C13H13BrN4S/c14-10-3-1-9(2-4-10)12(17-15)7-11-8-18-5-6-19-13(18)16-11/h1-6,8,12,17H,7,15H2. The van der Waals surface area contributed by atoms with E-state index >= 15 is 0 Å². The van der Waals surface area contributed by atoms with Gasteiger partial charge < -0.3 is 0 Å². The zero-order valence-electron chi connectivity index (χ0n) is 10.1. The Bertz CT molecular complexity index is 645. The van der Waals surface area contributed by atoms with Crippen molar-refractivity contribution in [2.24, 2.45) is 5.84 Å². The lowest BCUT2D eigenvalue weighted by atomic mass is 10.0. The van der Waals surface area contributed by atoms with E-state index in [2.05, 4.69) is 44.7 Å². The molecule has 1 unspecified atom stereocenters. The summed E-state index contributed by atoms with van der Waals surface area (Å²) in [7, 11) is 0. The highest BCUT2D eigenvalue weighted by Crippen LogP contribution is 2.21. The highest BCUT2D eigenvalue weighted by atomic mass is 79.9. The van der Waals surface area contributed by atoms with Gasteiger partial charge in [0, 0.05) is 28.7 Å². The highest BCUT2D eigenvalue weighted by Gasteiger charge is 2.13. The summed E-state index contributed by atoms with van der Waals surface area (Å²) in [6.07, 6.45) is 4.84. The molecule has 0 aliphatic carbocycles. The number of hydrogen-bond donors (Lipinski definition) is 2. The van der Waals surface area contributed by atoms with Crippen molar-refractivity contribution in [2.45, 2.75) is 12.5 Å². The van der Waals surface area contributed by atoms with Crippen molar-refractivity contribution < 1.29 is 0 Å². The van der Waals surface area contributed by atoms with Gasteiger partial charge in [0.1, 0.15) is 0 Å². The predicted molar refractivity (Wildman–Crippen MR) is 81.0 cm³/mol. The van der Waals surface area contributed by atoms with E-state index in [1.54, 1.807) is 11.3 Å². The van der Waals surface area contributed by atoms with E-state index in [0.717, 1.165) is 27.1 Å². The van der Waals surface area contributed by atoms with Crippen molar-refractivity contribution in [3.8, 4) is 0 Å². The maximum absolute atomic E-state index is 5.67. The molecule has 0 spiro atoms. The number of nitrogens with two attached hydrogens (primary N) is 1. The van der Waals surface area contributed by atoms with Gasteiger partial charge >= 0.3 is 0 Å². The second-order valence-electron chi connectivity index (χ2n) is 4.30. The number of nitrogens with zero attached hydrogens (tertiary/aromatic N) is 2. The van der Waals surface area contributed by atoms with Crippen LogP contribution in [0.2, 0.25) is 0 Å². The zero-order valence-corrected chi connectivity index (χ0v) is 12.5. The summed E-state index contributed by atoms with van der Waals surface area (Å²) in [4.78, 5) is 5.60. The smallest absolute Gasteiger partial charge is 0.193 e. The molecule has 1 aromatic carbocycles. The normalized spacial score (nSPS) is 12.9. The molecule has 0 amide bonds. The zero-order chi connectivity index (χ0) is 13.2. The van der Waals surface area contributed by atoms with Crippen molar-refractivity contribution in [2.75, 3.05) is 0 Å². The number of benzene rings is 1. The van der Waals surface area contributed by atoms with Gasteiger partial charge in [-0.3, -0.25) is 15.7 Å². The number of aromatic nitrogens is 2. The molecule has 1 atom stereocenters. The molecule has 0 aliphatic rings. The van der Waals surface area contributed by atoms with E-state index in [1.165, 1.54) is 0 Å². The first-order chi connectivity index (χ1) is 9.26.